The molecule has 1 rings (SSSR count). The highest BCUT2D eigenvalue weighted by molar-refractivity contribution is 5.78. The van der Waals surface area contributed by atoms with Crippen molar-refractivity contribution in [2.45, 2.75) is 73.0 Å². The highest BCUT2D eigenvalue weighted by atomic mass is 16.6. The largest absolute Gasteiger partial charge is 0.481 e. The Balaban J connectivity index is 3.05. The highest BCUT2D eigenvalue weighted by Crippen LogP contribution is 2.30. The molecule has 2 N–H and O–H groups in total. The molecule has 1 aliphatic rings. The van der Waals surface area contributed by atoms with E-state index in [1.807, 2.05) is 20.8 Å². The quantitative estimate of drug-likeness (QED) is 0.776. The predicted molar refractivity (Wildman–Crippen MR) is 98.7 cm³/mol. The summed E-state index contributed by atoms with van der Waals surface area (Å²) in [6, 6.07) is -0.739. The van der Waals surface area contributed by atoms with Crippen LogP contribution in [0, 0.1) is 17.3 Å². The third-order valence-corrected chi connectivity index (χ3v) is 4.46. The van der Waals surface area contributed by atoms with Gasteiger partial charge >= 0.3 is 12.1 Å². The second kappa shape index (κ2) is 8.27. The number of amides is 2. The molecule has 1 saturated heterocycles. The van der Waals surface area contributed by atoms with E-state index in [-0.39, 0.29) is 12.5 Å². The number of hydrogen-bond donors (Lipinski definition) is 2. The lowest BCUT2D eigenvalue weighted by molar-refractivity contribution is -0.148. The minimum Gasteiger partial charge on any atom is -0.481 e. The first-order chi connectivity index (χ1) is 11.7. The molecule has 3 atom stereocenters. The molecule has 26 heavy (non-hydrogen) atoms. The van der Waals surface area contributed by atoms with Gasteiger partial charge < -0.3 is 20.1 Å². The number of carbonyl (C=O) groups is 3. The van der Waals surface area contributed by atoms with Gasteiger partial charge in [-0.1, -0.05) is 27.7 Å². The monoisotopic (exact) mass is 370 g/mol. The van der Waals surface area contributed by atoms with Crippen LogP contribution in [0.5, 0.6) is 0 Å². The minimum atomic E-state index is -1.00. The summed E-state index contributed by atoms with van der Waals surface area (Å²) < 4.78 is 5.30. The third-order valence-electron chi connectivity index (χ3n) is 4.46. The topological polar surface area (TPSA) is 95.9 Å². The first kappa shape index (κ1) is 22.3. The van der Waals surface area contributed by atoms with Crippen LogP contribution < -0.4 is 5.32 Å². The average molecular weight is 370 g/mol. The van der Waals surface area contributed by atoms with Gasteiger partial charge in [0, 0.05) is 19.5 Å². The standard InChI is InChI=1S/C19H34N2O5/c1-12-8-9-14(22)21(10-12)11-13(15(16(23)24)18(2,3)4)20-17(25)26-19(5,6)7/h12-13,15H,8-11H2,1-7H3,(H,20,25)(H,23,24)/t12-,13+,15?/m0/s1. The minimum absolute atomic E-state index is 0.00265. The number of rotatable bonds is 5. The molecule has 1 heterocycles. The predicted octanol–water partition coefficient (Wildman–Crippen LogP) is 2.89. The van der Waals surface area contributed by atoms with Crippen LogP contribution in [-0.2, 0) is 14.3 Å². The number of nitrogens with zero attached hydrogens (tertiary/aromatic N) is 1. The number of alkyl carbamates (subject to hydrolysis) is 1. The lowest BCUT2D eigenvalue weighted by atomic mass is 9.76. The van der Waals surface area contributed by atoms with Gasteiger partial charge in [-0.15, -0.1) is 0 Å². The summed E-state index contributed by atoms with van der Waals surface area (Å²) in [5, 5.41) is 12.5. The first-order valence-electron chi connectivity index (χ1n) is 9.21. The molecule has 0 spiro atoms. The maximum Gasteiger partial charge on any atom is 0.407 e. The molecule has 1 fully saturated rings. The van der Waals surface area contributed by atoms with Crippen molar-refractivity contribution in [1.29, 1.82) is 0 Å². The van der Waals surface area contributed by atoms with Crippen LogP contribution in [0.2, 0.25) is 0 Å². The maximum atomic E-state index is 12.3. The molecule has 0 aromatic carbocycles. The molecule has 7 nitrogen and oxygen atoms in total. The number of aliphatic carboxylic acids is 1. The van der Waals surface area contributed by atoms with Crippen LogP contribution in [0.3, 0.4) is 0 Å². The number of likely N-dealkylation sites (tertiary alicyclic amines) is 1. The van der Waals surface area contributed by atoms with Gasteiger partial charge in [0.1, 0.15) is 5.60 Å². The highest BCUT2D eigenvalue weighted by Gasteiger charge is 2.41. The summed E-state index contributed by atoms with van der Waals surface area (Å²) in [7, 11) is 0. The lowest BCUT2D eigenvalue weighted by Gasteiger charge is -2.39. The fraction of sp³-hybridized carbons (Fsp3) is 0.842. The van der Waals surface area contributed by atoms with Crippen molar-refractivity contribution >= 4 is 18.0 Å². The van der Waals surface area contributed by atoms with Crippen molar-refractivity contribution in [3.8, 4) is 0 Å². The van der Waals surface area contributed by atoms with Gasteiger partial charge in [0.05, 0.1) is 12.0 Å². The van der Waals surface area contributed by atoms with E-state index in [0.29, 0.717) is 18.9 Å². The number of piperidine rings is 1. The number of hydrogen-bond acceptors (Lipinski definition) is 4. The molecule has 0 aromatic heterocycles. The van der Waals surface area contributed by atoms with Crippen molar-refractivity contribution in [2.75, 3.05) is 13.1 Å². The summed E-state index contributed by atoms with van der Waals surface area (Å²) in [6.45, 7) is 13.5. The van der Waals surface area contributed by atoms with Crippen LogP contribution in [0.25, 0.3) is 0 Å². The molecule has 0 saturated carbocycles. The van der Waals surface area contributed by atoms with Crippen LogP contribution in [-0.4, -0.2) is 52.7 Å². The van der Waals surface area contributed by atoms with Crippen molar-refractivity contribution in [3.05, 3.63) is 0 Å². The van der Waals surface area contributed by atoms with Crippen molar-refractivity contribution in [1.82, 2.24) is 10.2 Å². The van der Waals surface area contributed by atoms with Crippen molar-refractivity contribution in [3.63, 3.8) is 0 Å². The SMILES string of the molecule is C[C@H]1CCC(=O)N(C[C@@H](NC(=O)OC(C)(C)C)C(C(=O)O)C(C)(C)C)C1. The van der Waals surface area contributed by atoms with Crippen LogP contribution in [0.15, 0.2) is 0 Å². The average Bonchev–Trinajstić information content (AvgIpc) is 2.38. The molecule has 0 radical (unpaired) electrons. The molecule has 0 aromatic rings. The zero-order chi connectivity index (χ0) is 20.3. The van der Waals surface area contributed by atoms with Gasteiger partial charge in [-0.25, -0.2) is 4.79 Å². The van der Waals surface area contributed by atoms with Crippen LogP contribution in [0.1, 0.15) is 61.3 Å². The fourth-order valence-electron chi connectivity index (χ4n) is 3.35. The number of nitrogens with one attached hydrogen (secondary N) is 1. The fourth-order valence-corrected chi connectivity index (χ4v) is 3.35. The zero-order valence-corrected chi connectivity index (χ0v) is 17.1. The zero-order valence-electron chi connectivity index (χ0n) is 17.1. The molecule has 0 bridgehead atoms. The first-order valence-corrected chi connectivity index (χ1v) is 9.21. The van der Waals surface area contributed by atoms with E-state index in [1.54, 1.807) is 25.7 Å². The van der Waals surface area contributed by atoms with Gasteiger partial charge in [-0.05, 0) is 38.5 Å². The normalized spacial score (nSPS) is 21.1. The maximum absolute atomic E-state index is 12.3. The van der Waals surface area contributed by atoms with E-state index < -0.39 is 35.0 Å². The molecular weight excluding hydrogens is 336 g/mol. The molecule has 150 valence electrons. The van der Waals surface area contributed by atoms with Gasteiger partial charge in [0.2, 0.25) is 5.91 Å². The summed E-state index contributed by atoms with van der Waals surface area (Å²) in [5.74, 6) is -1.51. The summed E-state index contributed by atoms with van der Waals surface area (Å²) >= 11 is 0. The Hall–Kier alpha value is -1.79. The Morgan fingerprint density at radius 2 is 1.85 bits per heavy atom. The van der Waals surface area contributed by atoms with Crippen LogP contribution in [0.4, 0.5) is 4.79 Å². The van der Waals surface area contributed by atoms with E-state index >= 15 is 0 Å². The van der Waals surface area contributed by atoms with E-state index in [1.165, 1.54) is 0 Å². The van der Waals surface area contributed by atoms with Gasteiger partial charge in [0.15, 0.2) is 0 Å². The van der Waals surface area contributed by atoms with Crippen molar-refractivity contribution < 1.29 is 24.2 Å². The number of carbonyl (C=O) groups excluding carboxylic acids is 2. The van der Waals surface area contributed by atoms with E-state index in [0.717, 1.165) is 6.42 Å². The second-order valence-electron chi connectivity index (χ2n) is 9.38. The van der Waals surface area contributed by atoms with Gasteiger partial charge in [-0.3, -0.25) is 9.59 Å². The lowest BCUT2D eigenvalue weighted by Crippen LogP contribution is -2.56. The smallest absolute Gasteiger partial charge is 0.407 e. The Kier molecular flexibility index (Phi) is 7.08. The molecule has 0 aliphatic carbocycles. The van der Waals surface area contributed by atoms with Crippen LogP contribution >= 0.6 is 0 Å². The van der Waals surface area contributed by atoms with E-state index in [9.17, 15) is 19.5 Å². The Labute approximate surface area is 156 Å². The van der Waals surface area contributed by atoms with Gasteiger partial charge in [0.25, 0.3) is 0 Å². The number of carboxylic acids is 1. The second-order valence-corrected chi connectivity index (χ2v) is 9.38. The Morgan fingerprint density at radius 1 is 1.27 bits per heavy atom. The molecule has 7 heteroatoms. The summed E-state index contributed by atoms with van der Waals surface area (Å²) in [4.78, 5) is 38.2. The number of ether oxygens (including phenoxy) is 1. The molecule has 1 unspecified atom stereocenters. The van der Waals surface area contributed by atoms with Crippen molar-refractivity contribution in [2.24, 2.45) is 17.3 Å². The molecule has 2 amide bonds. The summed E-state index contributed by atoms with van der Waals surface area (Å²) in [6.07, 6.45) is 0.616. The van der Waals surface area contributed by atoms with E-state index in [4.69, 9.17) is 4.74 Å². The molecule has 1 aliphatic heterocycles. The molecular formula is C19H34N2O5. The Morgan fingerprint density at radius 3 is 2.31 bits per heavy atom. The third kappa shape index (κ3) is 6.84. The number of carboxylic acid groups (broad SMARTS) is 1. The van der Waals surface area contributed by atoms with Gasteiger partial charge in [-0.2, -0.15) is 0 Å². The van der Waals surface area contributed by atoms with E-state index in [2.05, 4.69) is 12.2 Å². The Bertz CT molecular complexity index is 533. The summed E-state index contributed by atoms with van der Waals surface area (Å²) in [5.41, 5.74) is -1.29.